The smallest absolute Gasteiger partial charge is 0.309 e. The summed E-state index contributed by atoms with van der Waals surface area (Å²) in [6, 6.07) is -0.667. The Morgan fingerprint density at radius 2 is 1.80 bits per heavy atom. The maximum absolute atomic E-state index is 12.0. The van der Waals surface area contributed by atoms with E-state index in [1.165, 1.54) is 6.92 Å². The number of carboxylic acids is 1. The minimum atomic E-state index is -1.25. The molecule has 0 heterocycles. The van der Waals surface area contributed by atoms with E-state index in [1.807, 2.05) is 0 Å². The van der Waals surface area contributed by atoms with Crippen LogP contribution in [0.3, 0.4) is 0 Å². The zero-order chi connectivity index (χ0) is 19.6. The van der Waals surface area contributed by atoms with Gasteiger partial charge in [0.05, 0.1) is 24.7 Å². The van der Waals surface area contributed by atoms with Crippen molar-refractivity contribution in [1.29, 1.82) is 0 Å². The van der Waals surface area contributed by atoms with Crippen molar-refractivity contribution in [1.82, 2.24) is 5.32 Å². The van der Waals surface area contributed by atoms with Gasteiger partial charge in [-0.1, -0.05) is 12.2 Å². The number of nitrogens with two attached hydrogens (primary N) is 2. The van der Waals surface area contributed by atoms with E-state index in [0.29, 0.717) is 4.86 Å². The molecule has 10 heteroatoms. The van der Waals surface area contributed by atoms with Gasteiger partial charge < -0.3 is 32.1 Å². The number of hydrogen-bond donors (Lipinski definition) is 6. The van der Waals surface area contributed by atoms with E-state index >= 15 is 0 Å². The molecule has 9 nitrogen and oxygen atoms in total. The largest absolute Gasteiger partial charge is 0.481 e. The first-order valence-electron chi connectivity index (χ1n) is 7.89. The highest BCUT2D eigenvalue weighted by Gasteiger charge is 2.23. The number of carboxylic acid groups (broad SMARTS) is 1. The fourth-order valence-corrected chi connectivity index (χ4v) is 2.50. The summed E-state index contributed by atoms with van der Waals surface area (Å²) in [5, 5.41) is 30.2. The van der Waals surface area contributed by atoms with Gasteiger partial charge >= 0.3 is 5.97 Å². The Balaban J connectivity index is 4.55. The van der Waals surface area contributed by atoms with Gasteiger partial charge in [-0.05, 0) is 19.4 Å². The van der Waals surface area contributed by atoms with Crippen LogP contribution in [0.15, 0.2) is 0 Å². The lowest BCUT2D eigenvalue weighted by Gasteiger charge is -2.19. The molecule has 0 aromatic rings. The minimum Gasteiger partial charge on any atom is -0.481 e. The van der Waals surface area contributed by atoms with Crippen LogP contribution >= 0.6 is 12.2 Å². The molecule has 0 aromatic carbocycles. The van der Waals surface area contributed by atoms with Crippen LogP contribution in [0.2, 0.25) is 0 Å². The Kier molecular flexibility index (Phi) is 11.3. The molecule has 0 aromatic heterocycles. The van der Waals surface area contributed by atoms with Crippen molar-refractivity contribution in [2.75, 3.05) is 19.7 Å². The van der Waals surface area contributed by atoms with Crippen LogP contribution in [0.25, 0.3) is 0 Å². The van der Waals surface area contributed by atoms with Crippen LogP contribution < -0.4 is 16.8 Å². The molecule has 0 saturated heterocycles. The number of Topliss-reactive ketones (excluding diaryl/α,β-unsaturated/α-hetero) is 1. The van der Waals surface area contributed by atoms with Crippen LogP contribution in [0.1, 0.15) is 26.2 Å². The minimum absolute atomic E-state index is 0.0467. The third-order valence-corrected chi connectivity index (χ3v) is 4.09. The average molecular weight is 377 g/mol. The highest BCUT2D eigenvalue weighted by Crippen LogP contribution is 2.13. The zero-order valence-corrected chi connectivity index (χ0v) is 15.0. The van der Waals surface area contributed by atoms with Crippen molar-refractivity contribution in [2.24, 2.45) is 23.3 Å². The van der Waals surface area contributed by atoms with Gasteiger partial charge in [0.1, 0.15) is 5.78 Å². The number of nitrogens with one attached hydrogen (secondary N) is 1. The molecule has 0 aliphatic rings. The number of ketones is 1. The quantitative estimate of drug-likeness (QED) is 0.190. The maximum atomic E-state index is 12.0. The summed E-state index contributed by atoms with van der Waals surface area (Å²) in [6.45, 7) is 1.36. The summed E-state index contributed by atoms with van der Waals surface area (Å²) in [6.07, 6.45) is -1.20. The molecule has 0 bridgehead atoms. The van der Waals surface area contributed by atoms with E-state index in [9.17, 15) is 19.5 Å². The third kappa shape index (κ3) is 10.2. The SMILES string of the molecule is CC(O)[C@@H](N)C(=S)CNC[C@@H](CC(N)=O)CC(=O)C[C@H](CO)C(=O)O. The van der Waals surface area contributed by atoms with Gasteiger partial charge in [0, 0.05) is 30.7 Å². The molecular weight excluding hydrogens is 350 g/mol. The number of carbonyl (C=O) groups is 3. The van der Waals surface area contributed by atoms with Crippen molar-refractivity contribution in [3.05, 3.63) is 0 Å². The number of hydrogen-bond acceptors (Lipinski definition) is 8. The molecule has 0 radical (unpaired) electrons. The molecule has 0 rings (SSSR count). The van der Waals surface area contributed by atoms with Crippen LogP contribution in [0.5, 0.6) is 0 Å². The van der Waals surface area contributed by atoms with Gasteiger partial charge in [-0.2, -0.15) is 0 Å². The fourth-order valence-electron chi connectivity index (χ4n) is 2.20. The highest BCUT2D eigenvalue weighted by molar-refractivity contribution is 7.80. The number of aliphatic hydroxyl groups is 2. The van der Waals surface area contributed by atoms with Gasteiger partial charge in [-0.15, -0.1) is 0 Å². The summed E-state index contributed by atoms with van der Waals surface area (Å²) >= 11 is 5.08. The van der Waals surface area contributed by atoms with E-state index in [0.717, 1.165) is 0 Å². The number of amides is 1. The Labute approximate surface area is 151 Å². The van der Waals surface area contributed by atoms with Crippen molar-refractivity contribution in [3.63, 3.8) is 0 Å². The molecule has 0 saturated carbocycles. The van der Waals surface area contributed by atoms with E-state index in [2.05, 4.69) is 5.32 Å². The van der Waals surface area contributed by atoms with Crippen LogP contribution in [-0.4, -0.2) is 69.7 Å². The summed E-state index contributed by atoms with van der Waals surface area (Å²) in [7, 11) is 0. The number of aliphatic hydroxyl groups excluding tert-OH is 2. The number of aliphatic carboxylic acids is 1. The Morgan fingerprint density at radius 3 is 2.24 bits per heavy atom. The lowest BCUT2D eigenvalue weighted by molar-refractivity contribution is -0.145. The molecular formula is C15H27N3O6S. The molecule has 0 aliphatic heterocycles. The predicted molar refractivity (Wildman–Crippen MR) is 94.9 cm³/mol. The Morgan fingerprint density at radius 1 is 1.20 bits per heavy atom. The van der Waals surface area contributed by atoms with Crippen molar-refractivity contribution < 1.29 is 29.7 Å². The van der Waals surface area contributed by atoms with Crippen LogP contribution in [-0.2, 0) is 14.4 Å². The lowest BCUT2D eigenvalue weighted by atomic mass is 9.93. The van der Waals surface area contributed by atoms with Crippen LogP contribution in [0, 0.1) is 11.8 Å². The van der Waals surface area contributed by atoms with Crippen LogP contribution in [0.4, 0.5) is 0 Å². The zero-order valence-electron chi connectivity index (χ0n) is 14.2. The Hall–Kier alpha value is -1.46. The second kappa shape index (κ2) is 12.0. The summed E-state index contributed by atoms with van der Waals surface area (Å²) < 4.78 is 0. The second-order valence-corrected chi connectivity index (χ2v) is 6.59. The molecule has 0 fully saturated rings. The number of primary amides is 1. The van der Waals surface area contributed by atoms with E-state index in [1.54, 1.807) is 0 Å². The molecule has 144 valence electrons. The standard InChI is InChI=1S/C15H27N3O6S/c1-8(20)14(17)12(25)6-18-5-9(3-13(16)22)2-11(21)4-10(7-19)15(23)24/h8-10,14,18-20H,2-7,17H2,1H3,(H2,16,22)(H,23,24)/t8?,9-,10-,14-/m1/s1. The first-order valence-corrected chi connectivity index (χ1v) is 8.30. The van der Waals surface area contributed by atoms with Gasteiger partial charge in [0.2, 0.25) is 5.91 Å². The normalized spacial score (nSPS) is 15.8. The maximum Gasteiger partial charge on any atom is 0.309 e. The van der Waals surface area contributed by atoms with Gasteiger partial charge in [0.15, 0.2) is 0 Å². The van der Waals surface area contributed by atoms with Gasteiger partial charge in [0.25, 0.3) is 0 Å². The summed E-state index contributed by atoms with van der Waals surface area (Å²) in [5.41, 5.74) is 10.9. The molecule has 1 unspecified atom stereocenters. The lowest BCUT2D eigenvalue weighted by Crippen LogP contribution is -2.44. The van der Waals surface area contributed by atoms with Crippen molar-refractivity contribution in [3.8, 4) is 0 Å². The van der Waals surface area contributed by atoms with E-state index < -0.39 is 42.5 Å². The number of carbonyl (C=O) groups excluding carboxylic acids is 2. The fraction of sp³-hybridized carbons (Fsp3) is 0.733. The molecule has 0 spiro atoms. The first-order chi connectivity index (χ1) is 11.6. The third-order valence-electron chi connectivity index (χ3n) is 3.67. The Bertz CT molecular complexity index is 486. The molecule has 0 aliphatic carbocycles. The number of thiocarbonyl (C=S) groups is 1. The number of rotatable bonds is 14. The average Bonchev–Trinajstić information content (AvgIpc) is 2.50. The topological polar surface area (TPSA) is 176 Å². The predicted octanol–water partition coefficient (Wildman–Crippen LogP) is -1.81. The monoisotopic (exact) mass is 377 g/mol. The molecule has 1 amide bonds. The molecule has 25 heavy (non-hydrogen) atoms. The summed E-state index contributed by atoms with van der Waals surface area (Å²) in [4.78, 5) is 34.4. The summed E-state index contributed by atoms with van der Waals surface area (Å²) in [5.74, 6) is -3.80. The molecule has 4 atom stereocenters. The first kappa shape index (κ1) is 23.5. The van der Waals surface area contributed by atoms with E-state index in [-0.39, 0.29) is 38.1 Å². The van der Waals surface area contributed by atoms with Gasteiger partial charge in [-0.3, -0.25) is 14.4 Å². The molecule has 8 N–H and O–H groups in total. The highest BCUT2D eigenvalue weighted by atomic mass is 32.1. The van der Waals surface area contributed by atoms with Gasteiger partial charge in [-0.25, -0.2) is 0 Å². The van der Waals surface area contributed by atoms with Crippen molar-refractivity contribution >= 4 is 34.7 Å². The van der Waals surface area contributed by atoms with E-state index in [4.69, 9.17) is 33.9 Å². The van der Waals surface area contributed by atoms with Crippen molar-refractivity contribution in [2.45, 2.75) is 38.3 Å². The second-order valence-electron chi connectivity index (χ2n) is 6.06.